The van der Waals surface area contributed by atoms with Crippen LogP contribution < -0.4 is 5.32 Å². The van der Waals surface area contributed by atoms with Crippen molar-refractivity contribution in [2.45, 2.75) is 38.3 Å². The number of rotatable bonds is 5. The van der Waals surface area contributed by atoms with Gasteiger partial charge < -0.3 is 9.64 Å². The largest absolute Gasteiger partial charge is 0.468 e. The summed E-state index contributed by atoms with van der Waals surface area (Å²) < 4.78 is 5.09. The van der Waals surface area contributed by atoms with Gasteiger partial charge in [0.2, 0.25) is 0 Å². The molecule has 1 atom stereocenters. The maximum Gasteiger partial charge on any atom is 0.326 e. The van der Waals surface area contributed by atoms with Gasteiger partial charge in [0.1, 0.15) is 5.54 Å². The van der Waals surface area contributed by atoms with Crippen molar-refractivity contribution in [2.75, 3.05) is 26.7 Å². The highest BCUT2D eigenvalue weighted by atomic mass is 16.5. The van der Waals surface area contributed by atoms with Crippen LogP contribution in [0.3, 0.4) is 0 Å². The van der Waals surface area contributed by atoms with Crippen molar-refractivity contribution in [3.8, 4) is 0 Å². The standard InChI is InChI=1S/C17H26N2O2/c1-3-19-12-7-10-17(11-13-19,16(20)21-2)18-14-15-8-5-4-6-9-15/h4-6,8-9,18H,3,7,10-14H2,1-2H3. The third-order valence-corrected chi connectivity index (χ3v) is 4.43. The molecule has 0 aliphatic carbocycles. The fraction of sp³-hybridized carbons (Fsp3) is 0.588. The van der Waals surface area contributed by atoms with E-state index >= 15 is 0 Å². The number of nitrogens with zero attached hydrogens (tertiary/aromatic N) is 1. The molecule has 0 radical (unpaired) electrons. The van der Waals surface area contributed by atoms with Gasteiger partial charge in [0, 0.05) is 13.1 Å². The number of carbonyl (C=O) groups excluding carboxylic acids is 1. The van der Waals surface area contributed by atoms with E-state index in [-0.39, 0.29) is 5.97 Å². The Hall–Kier alpha value is -1.39. The molecule has 1 saturated heterocycles. The lowest BCUT2D eigenvalue weighted by atomic mass is 9.90. The topological polar surface area (TPSA) is 41.6 Å². The van der Waals surface area contributed by atoms with Crippen LogP contribution in [0.4, 0.5) is 0 Å². The molecule has 1 fully saturated rings. The first kappa shape index (κ1) is 16.0. The van der Waals surface area contributed by atoms with E-state index in [2.05, 4.69) is 29.3 Å². The van der Waals surface area contributed by atoms with Crippen LogP contribution in [0.1, 0.15) is 31.7 Å². The van der Waals surface area contributed by atoms with E-state index in [1.165, 1.54) is 12.7 Å². The van der Waals surface area contributed by atoms with Gasteiger partial charge in [-0.2, -0.15) is 0 Å². The maximum atomic E-state index is 12.4. The first-order valence-corrected chi connectivity index (χ1v) is 7.80. The van der Waals surface area contributed by atoms with Crippen LogP contribution >= 0.6 is 0 Å². The van der Waals surface area contributed by atoms with Gasteiger partial charge in [-0.25, -0.2) is 0 Å². The van der Waals surface area contributed by atoms with E-state index in [0.29, 0.717) is 6.54 Å². The molecule has 1 heterocycles. The van der Waals surface area contributed by atoms with Gasteiger partial charge in [0.25, 0.3) is 0 Å². The molecule has 0 amide bonds. The van der Waals surface area contributed by atoms with Crippen LogP contribution in [0.2, 0.25) is 0 Å². The molecule has 21 heavy (non-hydrogen) atoms. The van der Waals surface area contributed by atoms with Gasteiger partial charge in [-0.15, -0.1) is 0 Å². The molecule has 0 bridgehead atoms. The quantitative estimate of drug-likeness (QED) is 0.844. The zero-order valence-electron chi connectivity index (χ0n) is 13.1. The van der Waals surface area contributed by atoms with Crippen molar-refractivity contribution in [1.29, 1.82) is 0 Å². The Bertz CT molecular complexity index is 449. The first-order valence-electron chi connectivity index (χ1n) is 7.80. The van der Waals surface area contributed by atoms with Crippen molar-refractivity contribution >= 4 is 5.97 Å². The summed E-state index contributed by atoms with van der Waals surface area (Å²) in [6.45, 7) is 5.90. The minimum Gasteiger partial charge on any atom is -0.468 e. The number of benzene rings is 1. The summed E-state index contributed by atoms with van der Waals surface area (Å²) in [6.07, 6.45) is 2.66. The second kappa shape index (κ2) is 7.57. The normalized spacial score (nSPS) is 23.5. The summed E-state index contributed by atoms with van der Waals surface area (Å²) >= 11 is 0. The van der Waals surface area contributed by atoms with E-state index < -0.39 is 5.54 Å². The SMILES string of the molecule is CCN1CCCC(NCc2ccccc2)(C(=O)OC)CC1. The van der Waals surface area contributed by atoms with Crippen LogP contribution in [0.5, 0.6) is 0 Å². The Kier molecular flexibility index (Phi) is 5.76. The molecule has 0 spiro atoms. The number of nitrogens with one attached hydrogen (secondary N) is 1. The number of hydrogen-bond acceptors (Lipinski definition) is 4. The molecule has 1 aromatic rings. The summed E-state index contributed by atoms with van der Waals surface area (Å²) in [4.78, 5) is 14.8. The van der Waals surface area contributed by atoms with Crippen LogP contribution in [-0.2, 0) is 16.1 Å². The summed E-state index contributed by atoms with van der Waals surface area (Å²) in [7, 11) is 1.48. The molecule has 4 nitrogen and oxygen atoms in total. The Labute approximate surface area is 127 Å². The summed E-state index contributed by atoms with van der Waals surface area (Å²) in [5, 5.41) is 3.49. The Morgan fingerprint density at radius 3 is 2.71 bits per heavy atom. The fourth-order valence-corrected chi connectivity index (χ4v) is 3.02. The molecule has 2 rings (SSSR count). The van der Waals surface area contributed by atoms with Crippen molar-refractivity contribution < 1.29 is 9.53 Å². The number of carbonyl (C=O) groups is 1. The molecular weight excluding hydrogens is 264 g/mol. The molecule has 116 valence electrons. The third-order valence-electron chi connectivity index (χ3n) is 4.43. The molecule has 4 heteroatoms. The summed E-state index contributed by atoms with van der Waals surface area (Å²) in [6, 6.07) is 10.2. The number of methoxy groups -OCH3 is 1. The van der Waals surface area contributed by atoms with E-state index in [4.69, 9.17) is 4.74 Å². The fourth-order valence-electron chi connectivity index (χ4n) is 3.02. The van der Waals surface area contributed by atoms with E-state index in [1.54, 1.807) is 0 Å². The smallest absolute Gasteiger partial charge is 0.326 e. The molecule has 1 aromatic carbocycles. The highest BCUT2D eigenvalue weighted by Gasteiger charge is 2.40. The van der Waals surface area contributed by atoms with Gasteiger partial charge in [0.05, 0.1) is 7.11 Å². The molecule has 0 aromatic heterocycles. The lowest BCUT2D eigenvalue weighted by Crippen LogP contribution is -2.52. The average molecular weight is 290 g/mol. The van der Waals surface area contributed by atoms with E-state index in [9.17, 15) is 4.79 Å². The molecule has 0 saturated carbocycles. The molecule has 1 unspecified atom stereocenters. The molecular formula is C17H26N2O2. The van der Waals surface area contributed by atoms with Gasteiger partial charge in [0.15, 0.2) is 0 Å². The highest BCUT2D eigenvalue weighted by molar-refractivity contribution is 5.80. The van der Waals surface area contributed by atoms with Crippen LogP contribution in [0, 0.1) is 0 Å². The van der Waals surface area contributed by atoms with Gasteiger partial charge in [-0.1, -0.05) is 37.3 Å². The molecule has 1 N–H and O–H groups in total. The lowest BCUT2D eigenvalue weighted by Gasteiger charge is -2.31. The van der Waals surface area contributed by atoms with Gasteiger partial charge in [-0.3, -0.25) is 10.1 Å². The Morgan fingerprint density at radius 2 is 2.05 bits per heavy atom. The Balaban J connectivity index is 2.08. The number of ether oxygens (including phenoxy) is 1. The molecule has 1 aliphatic rings. The van der Waals surface area contributed by atoms with Crippen LogP contribution in [0.25, 0.3) is 0 Å². The summed E-state index contributed by atoms with van der Waals surface area (Å²) in [5.41, 5.74) is 0.645. The second-order valence-corrected chi connectivity index (χ2v) is 5.70. The maximum absolute atomic E-state index is 12.4. The van der Waals surface area contributed by atoms with Crippen molar-refractivity contribution in [2.24, 2.45) is 0 Å². The second-order valence-electron chi connectivity index (χ2n) is 5.70. The summed E-state index contributed by atoms with van der Waals surface area (Å²) in [5.74, 6) is -0.128. The minimum atomic E-state index is -0.547. The Morgan fingerprint density at radius 1 is 1.29 bits per heavy atom. The molecule has 1 aliphatic heterocycles. The predicted molar refractivity (Wildman–Crippen MR) is 84.0 cm³/mol. The predicted octanol–water partition coefficient (Wildman–Crippen LogP) is 2.19. The zero-order chi connectivity index (χ0) is 15.1. The van der Waals surface area contributed by atoms with Gasteiger partial charge in [-0.05, 0) is 37.9 Å². The first-order chi connectivity index (χ1) is 10.2. The van der Waals surface area contributed by atoms with Crippen LogP contribution in [0.15, 0.2) is 30.3 Å². The average Bonchev–Trinajstić information content (AvgIpc) is 2.76. The van der Waals surface area contributed by atoms with Gasteiger partial charge >= 0.3 is 5.97 Å². The minimum absolute atomic E-state index is 0.128. The van der Waals surface area contributed by atoms with E-state index in [1.807, 2.05) is 18.2 Å². The monoisotopic (exact) mass is 290 g/mol. The van der Waals surface area contributed by atoms with Crippen LogP contribution in [-0.4, -0.2) is 43.2 Å². The zero-order valence-corrected chi connectivity index (χ0v) is 13.1. The van der Waals surface area contributed by atoms with Crippen molar-refractivity contribution in [3.63, 3.8) is 0 Å². The van der Waals surface area contributed by atoms with Crippen molar-refractivity contribution in [3.05, 3.63) is 35.9 Å². The number of likely N-dealkylation sites (tertiary alicyclic amines) is 1. The number of esters is 1. The lowest BCUT2D eigenvalue weighted by molar-refractivity contribution is -0.149. The number of hydrogen-bond donors (Lipinski definition) is 1. The van der Waals surface area contributed by atoms with Crippen molar-refractivity contribution in [1.82, 2.24) is 10.2 Å². The van der Waals surface area contributed by atoms with E-state index in [0.717, 1.165) is 38.9 Å². The third kappa shape index (κ3) is 4.05. The highest BCUT2D eigenvalue weighted by Crippen LogP contribution is 2.24.